The van der Waals surface area contributed by atoms with Gasteiger partial charge in [-0.3, -0.25) is 4.79 Å². The summed E-state index contributed by atoms with van der Waals surface area (Å²) in [5, 5.41) is 9.02. The molecule has 0 amide bonds. The largest absolute Gasteiger partial charge is 0.496 e. The Labute approximate surface area is 113 Å². The molecule has 1 N–H and O–H groups in total. The molecule has 0 radical (unpaired) electrons. The summed E-state index contributed by atoms with van der Waals surface area (Å²) in [4.78, 5) is 12.1. The van der Waals surface area contributed by atoms with Crippen LogP contribution in [0.1, 0.15) is 31.4 Å². The number of carbonyl (C=O) groups is 1. The number of hydrogen-bond acceptors (Lipinski definition) is 3. The molecule has 0 aliphatic carbocycles. The van der Waals surface area contributed by atoms with Gasteiger partial charge in [-0.2, -0.15) is 0 Å². The van der Waals surface area contributed by atoms with Gasteiger partial charge in [0.1, 0.15) is 5.75 Å². The molecule has 0 unspecified atom stereocenters. The summed E-state index contributed by atoms with van der Waals surface area (Å²) < 4.78 is 5.33. The number of thioether (sulfide) groups is 1. The number of carboxylic acids is 1. The van der Waals surface area contributed by atoms with Gasteiger partial charge in [-0.15, -0.1) is 11.8 Å². The molecule has 1 aromatic rings. The van der Waals surface area contributed by atoms with Crippen molar-refractivity contribution in [2.24, 2.45) is 0 Å². The fourth-order valence-corrected chi connectivity index (χ4v) is 2.90. The van der Waals surface area contributed by atoms with Gasteiger partial charge in [-0.1, -0.05) is 13.8 Å². The van der Waals surface area contributed by atoms with Crippen LogP contribution >= 0.6 is 11.8 Å². The van der Waals surface area contributed by atoms with Crippen LogP contribution < -0.4 is 4.74 Å². The Morgan fingerprint density at radius 2 is 2.06 bits per heavy atom. The molecule has 100 valence electrons. The fourth-order valence-electron chi connectivity index (χ4n) is 2.05. The van der Waals surface area contributed by atoms with E-state index in [4.69, 9.17) is 9.84 Å². The fraction of sp³-hybridized carbons (Fsp3) is 0.500. The zero-order valence-corrected chi connectivity index (χ0v) is 12.4. The van der Waals surface area contributed by atoms with Crippen LogP contribution in [0.3, 0.4) is 0 Å². The van der Waals surface area contributed by atoms with Crippen molar-refractivity contribution in [2.75, 3.05) is 13.4 Å². The SMILES string of the molecule is COc1cc(C(C)(C)CC(=O)O)c(SC)cc1C. The monoisotopic (exact) mass is 268 g/mol. The summed E-state index contributed by atoms with van der Waals surface area (Å²) >= 11 is 1.63. The van der Waals surface area contributed by atoms with Crippen LogP contribution in [0.25, 0.3) is 0 Å². The van der Waals surface area contributed by atoms with Crippen LogP contribution in [0, 0.1) is 6.92 Å². The standard InChI is InChI=1S/C14H20O3S/c1-9-6-12(18-5)10(7-11(9)17-4)14(2,3)8-13(15)16/h6-7H,8H2,1-5H3,(H,15,16). The van der Waals surface area contributed by atoms with E-state index in [0.717, 1.165) is 21.8 Å². The number of carboxylic acid groups (broad SMARTS) is 1. The highest BCUT2D eigenvalue weighted by atomic mass is 32.2. The van der Waals surface area contributed by atoms with Crippen molar-refractivity contribution < 1.29 is 14.6 Å². The quantitative estimate of drug-likeness (QED) is 0.831. The number of aliphatic carboxylic acids is 1. The molecule has 0 saturated heterocycles. The van der Waals surface area contributed by atoms with Crippen LogP contribution in [0.5, 0.6) is 5.75 Å². The normalized spacial score (nSPS) is 11.4. The first-order chi connectivity index (χ1) is 8.31. The average molecular weight is 268 g/mol. The molecule has 1 aromatic carbocycles. The predicted octanol–water partition coefficient (Wildman–Crippen LogP) is 3.48. The van der Waals surface area contributed by atoms with Gasteiger partial charge in [-0.05, 0) is 36.4 Å². The zero-order valence-electron chi connectivity index (χ0n) is 11.5. The second kappa shape index (κ2) is 5.65. The van der Waals surface area contributed by atoms with E-state index in [-0.39, 0.29) is 6.42 Å². The highest BCUT2D eigenvalue weighted by Gasteiger charge is 2.27. The molecule has 0 fully saturated rings. The number of hydrogen-bond donors (Lipinski definition) is 1. The lowest BCUT2D eigenvalue weighted by atomic mass is 9.81. The van der Waals surface area contributed by atoms with Gasteiger partial charge in [0.15, 0.2) is 0 Å². The molecular formula is C14H20O3S. The summed E-state index contributed by atoms with van der Waals surface area (Å²) in [6.07, 6.45) is 2.11. The zero-order chi connectivity index (χ0) is 13.9. The molecule has 0 heterocycles. The lowest BCUT2D eigenvalue weighted by Gasteiger charge is -2.26. The van der Waals surface area contributed by atoms with E-state index in [1.165, 1.54) is 0 Å². The van der Waals surface area contributed by atoms with Gasteiger partial charge in [-0.25, -0.2) is 0 Å². The van der Waals surface area contributed by atoms with Gasteiger partial charge >= 0.3 is 5.97 Å². The van der Waals surface area contributed by atoms with E-state index < -0.39 is 11.4 Å². The lowest BCUT2D eigenvalue weighted by Crippen LogP contribution is -2.22. The highest BCUT2D eigenvalue weighted by Crippen LogP contribution is 2.38. The smallest absolute Gasteiger partial charge is 0.304 e. The second-order valence-corrected chi connectivity index (χ2v) is 5.82. The molecule has 3 nitrogen and oxygen atoms in total. The summed E-state index contributed by atoms with van der Waals surface area (Å²) in [7, 11) is 1.63. The third-order valence-electron chi connectivity index (χ3n) is 3.04. The molecule has 0 saturated carbocycles. The van der Waals surface area contributed by atoms with Crippen molar-refractivity contribution in [3.8, 4) is 5.75 Å². The van der Waals surface area contributed by atoms with Gasteiger partial charge in [0.2, 0.25) is 0 Å². The summed E-state index contributed by atoms with van der Waals surface area (Å²) in [6, 6.07) is 4.02. The number of ether oxygens (including phenoxy) is 1. The molecule has 0 spiro atoms. The minimum absolute atomic E-state index is 0.104. The maximum absolute atomic E-state index is 11.0. The maximum Gasteiger partial charge on any atom is 0.304 e. The van der Waals surface area contributed by atoms with E-state index in [9.17, 15) is 4.79 Å². The third-order valence-corrected chi connectivity index (χ3v) is 3.82. The average Bonchev–Trinajstić information content (AvgIpc) is 2.26. The number of rotatable bonds is 5. The van der Waals surface area contributed by atoms with Crippen LogP contribution in [-0.2, 0) is 10.2 Å². The number of benzene rings is 1. The predicted molar refractivity (Wildman–Crippen MR) is 74.8 cm³/mol. The minimum Gasteiger partial charge on any atom is -0.496 e. The van der Waals surface area contributed by atoms with Gasteiger partial charge in [0, 0.05) is 10.3 Å². The first-order valence-corrected chi connectivity index (χ1v) is 6.99. The summed E-state index contributed by atoms with van der Waals surface area (Å²) in [6.45, 7) is 5.89. The second-order valence-electron chi connectivity index (χ2n) is 4.98. The Balaban J connectivity index is 3.32. The first-order valence-electron chi connectivity index (χ1n) is 5.76. The van der Waals surface area contributed by atoms with E-state index in [0.29, 0.717) is 0 Å². The Morgan fingerprint density at radius 3 is 2.50 bits per heavy atom. The molecule has 0 aromatic heterocycles. The Kier molecular flexibility index (Phi) is 4.68. The Hall–Kier alpha value is -1.16. The van der Waals surface area contributed by atoms with Gasteiger partial charge in [0.25, 0.3) is 0 Å². The maximum atomic E-state index is 11.0. The topological polar surface area (TPSA) is 46.5 Å². The molecule has 0 aliphatic rings. The third kappa shape index (κ3) is 3.19. The number of methoxy groups -OCH3 is 1. The molecule has 0 atom stereocenters. The Morgan fingerprint density at radius 1 is 1.44 bits per heavy atom. The molecule has 18 heavy (non-hydrogen) atoms. The van der Waals surface area contributed by atoms with E-state index >= 15 is 0 Å². The summed E-state index contributed by atoms with van der Waals surface area (Å²) in [5.41, 5.74) is 1.68. The van der Waals surface area contributed by atoms with E-state index in [1.54, 1.807) is 18.9 Å². The van der Waals surface area contributed by atoms with Crippen LogP contribution in [0.4, 0.5) is 0 Å². The van der Waals surface area contributed by atoms with Crippen molar-refractivity contribution in [2.45, 2.75) is 37.5 Å². The Bertz CT molecular complexity index is 453. The van der Waals surface area contributed by atoms with E-state index in [1.807, 2.05) is 33.1 Å². The van der Waals surface area contributed by atoms with Crippen molar-refractivity contribution in [3.63, 3.8) is 0 Å². The highest BCUT2D eigenvalue weighted by molar-refractivity contribution is 7.98. The molecule has 0 bridgehead atoms. The molecule has 0 aliphatic heterocycles. The van der Waals surface area contributed by atoms with Gasteiger partial charge in [0.05, 0.1) is 13.5 Å². The van der Waals surface area contributed by atoms with Gasteiger partial charge < -0.3 is 9.84 Å². The summed E-state index contributed by atoms with van der Waals surface area (Å²) in [5.74, 6) is 0.0212. The van der Waals surface area contributed by atoms with Crippen LogP contribution in [-0.4, -0.2) is 24.4 Å². The number of aryl methyl sites for hydroxylation is 1. The minimum atomic E-state index is -0.786. The van der Waals surface area contributed by atoms with E-state index in [2.05, 4.69) is 6.07 Å². The van der Waals surface area contributed by atoms with Crippen LogP contribution in [0.2, 0.25) is 0 Å². The van der Waals surface area contributed by atoms with Crippen molar-refractivity contribution in [1.29, 1.82) is 0 Å². The van der Waals surface area contributed by atoms with Crippen molar-refractivity contribution in [1.82, 2.24) is 0 Å². The first kappa shape index (κ1) is 14.9. The lowest BCUT2D eigenvalue weighted by molar-refractivity contribution is -0.138. The van der Waals surface area contributed by atoms with Crippen LogP contribution in [0.15, 0.2) is 17.0 Å². The van der Waals surface area contributed by atoms with Crippen molar-refractivity contribution >= 4 is 17.7 Å². The van der Waals surface area contributed by atoms with Crippen molar-refractivity contribution in [3.05, 3.63) is 23.3 Å². The molecular weight excluding hydrogens is 248 g/mol. The molecule has 1 rings (SSSR count). The molecule has 4 heteroatoms.